The SMILES string of the molecule is OCCCN[C@H]1CC2c3cc(C(F)(F)F)ccc3N[C@@H](C3C=CC=CC3)[C@@H]2C1. The van der Waals surface area contributed by atoms with Crippen molar-refractivity contribution in [1.29, 1.82) is 0 Å². The predicted molar refractivity (Wildman–Crippen MR) is 104 cm³/mol. The van der Waals surface area contributed by atoms with Crippen molar-refractivity contribution >= 4 is 5.69 Å². The third-order valence-corrected chi connectivity index (χ3v) is 6.42. The molecule has 0 radical (unpaired) electrons. The van der Waals surface area contributed by atoms with Crippen LogP contribution in [-0.4, -0.2) is 30.3 Å². The number of benzene rings is 1. The fraction of sp³-hybridized carbons (Fsp3) is 0.545. The molecular weight excluding hydrogens is 365 g/mol. The Kier molecular flexibility index (Phi) is 5.52. The summed E-state index contributed by atoms with van der Waals surface area (Å²) in [6.45, 7) is 0.883. The van der Waals surface area contributed by atoms with E-state index in [1.807, 2.05) is 6.08 Å². The quantitative estimate of drug-likeness (QED) is 0.648. The van der Waals surface area contributed by atoms with E-state index in [4.69, 9.17) is 5.11 Å². The maximum Gasteiger partial charge on any atom is 0.416 e. The van der Waals surface area contributed by atoms with Crippen molar-refractivity contribution in [1.82, 2.24) is 5.32 Å². The zero-order valence-corrected chi connectivity index (χ0v) is 15.8. The second kappa shape index (κ2) is 7.91. The molecule has 28 heavy (non-hydrogen) atoms. The third-order valence-electron chi connectivity index (χ3n) is 6.42. The van der Waals surface area contributed by atoms with Gasteiger partial charge in [0, 0.05) is 30.3 Å². The molecule has 4 rings (SSSR count). The molecular formula is C22H27F3N2O. The Morgan fingerprint density at radius 1 is 1.18 bits per heavy atom. The van der Waals surface area contributed by atoms with Crippen LogP contribution >= 0.6 is 0 Å². The van der Waals surface area contributed by atoms with E-state index in [1.54, 1.807) is 6.07 Å². The molecule has 1 heterocycles. The van der Waals surface area contributed by atoms with E-state index >= 15 is 0 Å². The van der Waals surface area contributed by atoms with Crippen molar-refractivity contribution in [2.45, 2.75) is 49.9 Å². The first-order chi connectivity index (χ1) is 13.5. The molecule has 1 saturated carbocycles. The zero-order chi connectivity index (χ0) is 19.7. The summed E-state index contributed by atoms with van der Waals surface area (Å²) < 4.78 is 39.8. The Bertz CT molecular complexity index is 759. The standard InChI is InChI=1S/C22H27F3N2O/c23-22(24,25)15-7-8-20-18(11-15)17-12-16(26-9-4-10-28)13-19(17)21(27-20)14-5-2-1-3-6-14/h1-3,5,7-8,11,14,16-17,19,21,26-28H,4,6,9-10,12-13H2/t14?,16-,17?,19+,21-/m0/s1. The van der Waals surface area contributed by atoms with Gasteiger partial charge >= 0.3 is 6.18 Å². The Hall–Kier alpha value is -1.79. The highest BCUT2D eigenvalue weighted by atomic mass is 19.4. The summed E-state index contributed by atoms with van der Waals surface area (Å²) >= 11 is 0. The maximum atomic E-state index is 13.3. The number of halogens is 3. The monoisotopic (exact) mass is 392 g/mol. The molecule has 1 aliphatic heterocycles. The Morgan fingerprint density at radius 3 is 2.75 bits per heavy atom. The van der Waals surface area contributed by atoms with Gasteiger partial charge in [0.05, 0.1) is 5.56 Å². The number of alkyl halides is 3. The van der Waals surface area contributed by atoms with E-state index < -0.39 is 11.7 Å². The molecule has 2 aliphatic carbocycles. The van der Waals surface area contributed by atoms with E-state index in [1.165, 1.54) is 12.1 Å². The molecule has 1 aromatic rings. The summed E-state index contributed by atoms with van der Waals surface area (Å²) in [5.74, 6) is 0.766. The van der Waals surface area contributed by atoms with E-state index in [0.29, 0.717) is 18.3 Å². The van der Waals surface area contributed by atoms with Crippen LogP contribution in [0.25, 0.3) is 0 Å². The second-order valence-electron chi connectivity index (χ2n) is 8.15. The first-order valence-corrected chi connectivity index (χ1v) is 10.1. The van der Waals surface area contributed by atoms with Crippen LogP contribution in [0, 0.1) is 11.8 Å². The third kappa shape index (κ3) is 3.85. The predicted octanol–water partition coefficient (Wildman–Crippen LogP) is 4.47. The Labute approximate surface area is 163 Å². The number of rotatable bonds is 5. The van der Waals surface area contributed by atoms with E-state index in [0.717, 1.165) is 37.1 Å². The average molecular weight is 392 g/mol. The van der Waals surface area contributed by atoms with Crippen molar-refractivity contribution in [3.63, 3.8) is 0 Å². The van der Waals surface area contributed by atoms with Crippen LogP contribution in [0.5, 0.6) is 0 Å². The number of hydrogen-bond acceptors (Lipinski definition) is 3. The fourth-order valence-electron chi connectivity index (χ4n) is 5.13. The highest BCUT2D eigenvalue weighted by Crippen LogP contribution is 2.51. The number of nitrogens with one attached hydrogen (secondary N) is 2. The smallest absolute Gasteiger partial charge is 0.396 e. The van der Waals surface area contributed by atoms with Gasteiger partial charge in [-0.1, -0.05) is 24.3 Å². The number of aliphatic hydroxyl groups excluding tert-OH is 1. The molecule has 0 bridgehead atoms. The van der Waals surface area contributed by atoms with Gasteiger partial charge in [-0.3, -0.25) is 0 Å². The minimum Gasteiger partial charge on any atom is -0.396 e. The van der Waals surface area contributed by atoms with Gasteiger partial charge in [-0.15, -0.1) is 0 Å². The minimum atomic E-state index is -4.32. The highest BCUT2D eigenvalue weighted by molar-refractivity contribution is 5.59. The van der Waals surface area contributed by atoms with Gasteiger partial charge in [-0.2, -0.15) is 13.2 Å². The van der Waals surface area contributed by atoms with E-state index in [-0.39, 0.29) is 24.6 Å². The lowest BCUT2D eigenvalue weighted by atomic mass is 9.73. The lowest BCUT2D eigenvalue weighted by Gasteiger charge is -2.41. The second-order valence-corrected chi connectivity index (χ2v) is 8.15. The Morgan fingerprint density at radius 2 is 2.04 bits per heavy atom. The number of fused-ring (bicyclic) bond motifs is 3. The number of allylic oxidation sites excluding steroid dienone is 3. The highest BCUT2D eigenvalue weighted by Gasteiger charge is 2.46. The molecule has 1 aromatic carbocycles. The van der Waals surface area contributed by atoms with Gasteiger partial charge in [0.25, 0.3) is 0 Å². The van der Waals surface area contributed by atoms with E-state index in [9.17, 15) is 13.2 Å². The van der Waals surface area contributed by atoms with Crippen molar-refractivity contribution in [3.05, 3.63) is 53.6 Å². The molecule has 5 atom stereocenters. The number of hydrogen-bond donors (Lipinski definition) is 3. The van der Waals surface area contributed by atoms with Crippen LogP contribution in [-0.2, 0) is 6.18 Å². The van der Waals surface area contributed by atoms with Gasteiger partial charge in [0.1, 0.15) is 0 Å². The topological polar surface area (TPSA) is 44.3 Å². The molecule has 0 spiro atoms. The zero-order valence-electron chi connectivity index (χ0n) is 15.8. The minimum absolute atomic E-state index is 0.120. The molecule has 3 aliphatic rings. The van der Waals surface area contributed by atoms with Crippen LogP contribution in [0.15, 0.2) is 42.5 Å². The molecule has 0 saturated heterocycles. The van der Waals surface area contributed by atoms with Crippen molar-refractivity contribution in [3.8, 4) is 0 Å². The summed E-state index contributed by atoms with van der Waals surface area (Å²) in [6, 6.07) is 4.64. The molecule has 1 fully saturated rings. The average Bonchev–Trinajstić information content (AvgIpc) is 3.11. The van der Waals surface area contributed by atoms with Crippen LogP contribution in [0.2, 0.25) is 0 Å². The van der Waals surface area contributed by atoms with Crippen LogP contribution in [0.3, 0.4) is 0 Å². The van der Waals surface area contributed by atoms with Gasteiger partial charge in [-0.25, -0.2) is 0 Å². The fourth-order valence-corrected chi connectivity index (χ4v) is 5.13. The normalized spacial score (nSPS) is 31.4. The molecule has 6 heteroatoms. The van der Waals surface area contributed by atoms with Gasteiger partial charge < -0.3 is 15.7 Å². The molecule has 0 aromatic heterocycles. The first-order valence-electron chi connectivity index (χ1n) is 10.1. The molecule has 0 amide bonds. The van der Waals surface area contributed by atoms with Crippen molar-refractivity contribution in [2.75, 3.05) is 18.5 Å². The lowest BCUT2D eigenvalue weighted by molar-refractivity contribution is -0.137. The summed E-state index contributed by atoms with van der Waals surface area (Å²) in [4.78, 5) is 0. The van der Waals surface area contributed by atoms with Gasteiger partial charge in [0.2, 0.25) is 0 Å². The molecule has 152 valence electrons. The van der Waals surface area contributed by atoms with Gasteiger partial charge in [0.15, 0.2) is 0 Å². The summed E-state index contributed by atoms with van der Waals surface area (Å²) in [5, 5.41) is 16.1. The summed E-state index contributed by atoms with van der Waals surface area (Å²) in [7, 11) is 0. The van der Waals surface area contributed by atoms with Crippen LogP contribution < -0.4 is 10.6 Å². The van der Waals surface area contributed by atoms with Crippen molar-refractivity contribution in [2.24, 2.45) is 11.8 Å². The number of anilines is 1. The largest absolute Gasteiger partial charge is 0.416 e. The lowest BCUT2D eigenvalue weighted by Crippen LogP contribution is -2.41. The van der Waals surface area contributed by atoms with Gasteiger partial charge in [-0.05, 0) is 67.8 Å². The first kappa shape index (κ1) is 19.5. The molecule has 3 N–H and O–H groups in total. The summed E-state index contributed by atoms with van der Waals surface area (Å²) in [6.07, 6.45) is 7.61. The van der Waals surface area contributed by atoms with Crippen LogP contribution in [0.4, 0.5) is 18.9 Å². The maximum absolute atomic E-state index is 13.3. The number of aliphatic hydroxyl groups is 1. The van der Waals surface area contributed by atoms with Crippen LogP contribution in [0.1, 0.15) is 42.7 Å². The van der Waals surface area contributed by atoms with E-state index in [2.05, 4.69) is 28.9 Å². The van der Waals surface area contributed by atoms with Crippen molar-refractivity contribution < 1.29 is 18.3 Å². The Balaban J connectivity index is 1.63. The molecule has 2 unspecified atom stereocenters. The summed E-state index contributed by atoms with van der Waals surface area (Å²) in [5.41, 5.74) is 1.08. The molecule has 3 nitrogen and oxygen atoms in total.